The number of benzene rings is 3. The SMILES string of the molecule is C=CCN(CC(=O)N(CCc1ccc(OC)c(OC)c1)Cc1ccc(C)s1)S(=O)(=O)c1ccc2ccccc2c1. The molecule has 0 aliphatic rings. The van der Waals surface area contributed by atoms with E-state index in [1.54, 1.807) is 48.7 Å². The van der Waals surface area contributed by atoms with E-state index in [0.717, 1.165) is 26.1 Å². The van der Waals surface area contributed by atoms with Crippen molar-refractivity contribution in [2.24, 2.45) is 0 Å². The molecule has 0 N–H and O–H groups in total. The average Bonchev–Trinajstić information content (AvgIpc) is 3.38. The molecule has 0 fully saturated rings. The second-order valence-corrected chi connectivity index (χ2v) is 12.7. The third-order valence-corrected chi connectivity index (χ3v) is 9.41. The van der Waals surface area contributed by atoms with E-state index in [4.69, 9.17) is 9.47 Å². The maximum absolute atomic E-state index is 13.7. The van der Waals surface area contributed by atoms with Crippen molar-refractivity contribution in [3.05, 3.63) is 101 Å². The molecule has 4 rings (SSSR count). The maximum atomic E-state index is 13.7. The fourth-order valence-corrected chi connectivity index (χ4v) is 6.77. The molecule has 40 heavy (non-hydrogen) atoms. The lowest BCUT2D eigenvalue weighted by Gasteiger charge is -2.27. The van der Waals surface area contributed by atoms with E-state index in [1.807, 2.05) is 61.5 Å². The average molecular weight is 579 g/mol. The standard InChI is InChI=1S/C31H34N2O5S2/c1-5-17-33(40(35,36)28-14-12-25-8-6-7-9-26(25)20-28)22-31(34)32(21-27-13-10-23(2)39-27)18-16-24-11-15-29(37-3)30(19-24)38-4/h5-15,19-20H,1,16-18,21-22H2,2-4H3. The number of hydrogen-bond donors (Lipinski definition) is 0. The second kappa shape index (κ2) is 13.1. The summed E-state index contributed by atoms with van der Waals surface area (Å²) in [5, 5.41) is 1.76. The Morgan fingerprint density at radius 2 is 1.70 bits per heavy atom. The fourth-order valence-electron chi connectivity index (χ4n) is 4.47. The Hall–Kier alpha value is -3.66. The van der Waals surface area contributed by atoms with Gasteiger partial charge in [-0.3, -0.25) is 4.79 Å². The van der Waals surface area contributed by atoms with E-state index >= 15 is 0 Å². The van der Waals surface area contributed by atoms with E-state index < -0.39 is 10.0 Å². The van der Waals surface area contributed by atoms with Crippen LogP contribution in [0.1, 0.15) is 15.3 Å². The zero-order valence-corrected chi connectivity index (χ0v) is 24.6. The molecule has 3 aromatic carbocycles. The number of rotatable bonds is 13. The number of ether oxygens (including phenoxy) is 2. The molecule has 0 atom stereocenters. The minimum Gasteiger partial charge on any atom is -0.493 e. The van der Waals surface area contributed by atoms with Crippen molar-refractivity contribution in [2.75, 3.05) is 33.9 Å². The van der Waals surface area contributed by atoms with Gasteiger partial charge in [0.2, 0.25) is 15.9 Å². The predicted molar refractivity (Wildman–Crippen MR) is 161 cm³/mol. The van der Waals surface area contributed by atoms with Crippen LogP contribution in [0.5, 0.6) is 11.5 Å². The highest BCUT2D eigenvalue weighted by molar-refractivity contribution is 7.89. The van der Waals surface area contributed by atoms with Crippen molar-refractivity contribution in [1.29, 1.82) is 0 Å². The number of aryl methyl sites for hydroxylation is 1. The van der Waals surface area contributed by atoms with E-state index in [2.05, 4.69) is 6.58 Å². The molecule has 9 heteroatoms. The van der Waals surface area contributed by atoms with Gasteiger partial charge in [-0.1, -0.05) is 42.5 Å². The van der Waals surface area contributed by atoms with Crippen LogP contribution in [0, 0.1) is 6.92 Å². The van der Waals surface area contributed by atoms with Crippen LogP contribution in [0.3, 0.4) is 0 Å². The summed E-state index contributed by atoms with van der Waals surface area (Å²) in [7, 11) is -0.780. The van der Waals surface area contributed by atoms with Gasteiger partial charge in [0.15, 0.2) is 11.5 Å². The van der Waals surface area contributed by atoms with Crippen molar-refractivity contribution in [3.8, 4) is 11.5 Å². The van der Waals surface area contributed by atoms with Crippen LogP contribution in [-0.2, 0) is 27.8 Å². The highest BCUT2D eigenvalue weighted by Gasteiger charge is 2.28. The molecule has 1 heterocycles. The van der Waals surface area contributed by atoms with Crippen LogP contribution in [0.2, 0.25) is 0 Å². The lowest BCUT2D eigenvalue weighted by molar-refractivity contribution is -0.131. The number of carbonyl (C=O) groups is 1. The lowest BCUT2D eigenvalue weighted by atomic mass is 10.1. The molecule has 0 spiro atoms. The fraction of sp³-hybridized carbons (Fsp3) is 0.258. The first-order valence-electron chi connectivity index (χ1n) is 12.9. The van der Waals surface area contributed by atoms with Crippen molar-refractivity contribution < 1.29 is 22.7 Å². The summed E-state index contributed by atoms with van der Waals surface area (Å²) in [6.45, 7) is 6.27. The summed E-state index contributed by atoms with van der Waals surface area (Å²) >= 11 is 1.62. The molecule has 0 bridgehead atoms. The van der Waals surface area contributed by atoms with Crippen LogP contribution >= 0.6 is 11.3 Å². The van der Waals surface area contributed by atoms with E-state index in [-0.39, 0.29) is 23.9 Å². The first-order chi connectivity index (χ1) is 19.2. The second-order valence-electron chi connectivity index (χ2n) is 9.36. The van der Waals surface area contributed by atoms with Gasteiger partial charge in [-0.25, -0.2) is 8.42 Å². The summed E-state index contributed by atoms with van der Waals surface area (Å²) in [5.41, 5.74) is 0.976. The highest BCUT2D eigenvalue weighted by atomic mass is 32.2. The molecule has 0 aliphatic heterocycles. The summed E-state index contributed by atoms with van der Waals surface area (Å²) < 4.78 is 39.3. The topological polar surface area (TPSA) is 76.2 Å². The number of carbonyl (C=O) groups excluding carboxylic acids is 1. The first-order valence-corrected chi connectivity index (χ1v) is 15.1. The molecule has 0 aliphatic carbocycles. The van der Waals surface area contributed by atoms with Crippen LogP contribution in [0.4, 0.5) is 0 Å². The minimum absolute atomic E-state index is 0.0164. The quantitative estimate of drug-likeness (QED) is 0.191. The maximum Gasteiger partial charge on any atom is 0.243 e. The minimum atomic E-state index is -3.95. The largest absolute Gasteiger partial charge is 0.493 e. The Morgan fingerprint density at radius 1 is 0.950 bits per heavy atom. The van der Waals surface area contributed by atoms with Crippen LogP contribution in [-0.4, -0.2) is 57.4 Å². The summed E-state index contributed by atoms with van der Waals surface area (Å²) in [4.78, 5) is 17.8. The van der Waals surface area contributed by atoms with Gasteiger partial charge in [-0.2, -0.15) is 4.31 Å². The normalized spacial score (nSPS) is 11.5. The zero-order chi connectivity index (χ0) is 28.7. The number of thiophene rings is 1. The van der Waals surface area contributed by atoms with E-state index in [0.29, 0.717) is 31.0 Å². The summed E-state index contributed by atoms with van der Waals surface area (Å²) in [6.07, 6.45) is 2.07. The van der Waals surface area contributed by atoms with E-state index in [1.165, 1.54) is 10.4 Å². The molecule has 1 amide bonds. The lowest BCUT2D eigenvalue weighted by Crippen LogP contribution is -2.43. The number of sulfonamides is 1. The third kappa shape index (κ3) is 6.91. The van der Waals surface area contributed by atoms with Gasteiger partial charge in [0, 0.05) is 22.8 Å². The van der Waals surface area contributed by atoms with Gasteiger partial charge in [0.1, 0.15) is 0 Å². The van der Waals surface area contributed by atoms with Gasteiger partial charge >= 0.3 is 0 Å². The van der Waals surface area contributed by atoms with Gasteiger partial charge in [-0.15, -0.1) is 17.9 Å². The van der Waals surface area contributed by atoms with Gasteiger partial charge in [0.25, 0.3) is 0 Å². The Bertz CT molecular complexity index is 1600. The van der Waals surface area contributed by atoms with Crippen molar-refractivity contribution in [3.63, 3.8) is 0 Å². The Kier molecular flexibility index (Phi) is 9.63. The smallest absolute Gasteiger partial charge is 0.243 e. The molecule has 0 saturated carbocycles. The molecule has 210 valence electrons. The molecule has 0 saturated heterocycles. The number of nitrogens with zero attached hydrogens (tertiary/aromatic N) is 2. The highest BCUT2D eigenvalue weighted by Crippen LogP contribution is 2.28. The molecule has 0 radical (unpaired) electrons. The molecule has 7 nitrogen and oxygen atoms in total. The monoisotopic (exact) mass is 578 g/mol. The molecule has 4 aromatic rings. The number of methoxy groups -OCH3 is 2. The van der Waals surface area contributed by atoms with Crippen LogP contribution in [0.25, 0.3) is 10.8 Å². The molecular formula is C31H34N2O5S2. The van der Waals surface area contributed by atoms with Gasteiger partial charge < -0.3 is 14.4 Å². The Labute approximate surface area is 240 Å². The van der Waals surface area contributed by atoms with Crippen molar-refractivity contribution in [2.45, 2.75) is 24.8 Å². The van der Waals surface area contributed by atoms with Gasteiger partial charge in [-0.05, 0) is 66.1 Å². The predicted octanol–water partition coefficient (Wildman–Crippen LogP) is 5.68. The molecule has 1 aromatic heterocycles. The molecular weight excluding hydrogens is 544 g/mol. The Morgan fingerprint density at radius 3 is 2.38 bits per heavy atom. The zero-order valence-electron chi connectivity index (χ0n) is 23.0. The number of fused-ring (bicyclic) bond motifs is 1. The third-order valence-electron chi connectivity index (χ3n) is 6.62. The molecule has 0 unspecified atom stereocenters. The number of amides is 1. The Balaban J connectivity index is 1.57. The summed E-state index contributed by atoms with van der Waals surface area (Å²) in [6, 6.07) is 22.3. The first kappa shape index (κ1) is 29.3. The van der Waals surface area contributed by atoms with Crippen LogP contribution in [0.15, 0.2) is 90.3 Å². The summed E-state index contributed by atoms with van der Waals surface area (Å²) in [5.74, 6) is 0.968. The van der Waals surface area contributed by atoms with E-state index in [9.17, 15) is 13.2 Å². The van der Waals surface area contributed by atoms with Crippen molar-refractivity contribution in [1.82, 2.24) is 9.21 Å². The van der Waals surface area contributed by atoms with Crippen molar-refractivity contribution >= 4 is 38.0 Å². The van der Waals surface area contributed by atoms with Crippen LogP contribution < -0.4 is 9.47 Å². The number of hydrogen-bond acceptors (Lipinski definition) is 6. The van der Waals surface area contributed by atoms with Gasteiger partial charge in [0.05, 0.1) is 32.2 Å².